The van der Waals surface area contributed by atoms with Crippen molar-refractivity contribution in [3.05, 3.63) is 70.5 Å². The lowest BCUT2D eigenvalue weighted by atomic mass is 9.98. The summed E-state index contributed by atoms with van der Waals surface area (Å²) in [6, 6.07) is 13.1. The van der Waals surface area contributed by atoms with Crippen molar-refractivity contribution in [2.45, 2.75) is 26.3 Å². The van der Waals surface area contributed by atoms with Gasteiger partial charge in [-0.3, -0.25) is 0 Å². The maximum Gasteiger partial charge on any atom is 0.123 e. The van der Waals surface area contributed by atoms with Gasteiger partial charge >= 0.3 is 0 Å². The SMILES string of the molecule is Cc1ccc(CC(N)c2cc(C)cc(F)c2)cc1. The predicted octanol–water partition coefficient (Wildman–Crippen LogP) is 3.69. The van der Waals surface area contributed by atoms with Crippen LogP contribution < -0.4 is 5.73 Å². The van der Waals surface area contributed by atoms with Gasteiger partial charge in [-0.1, -0.05) is 35.9 Å². The van der Waals surface area contributed by atoms with Gasteiger partial charge in [-0.2, -0.15) is 0 Å². The topological polar surface area (TPSA) is 26.0 Å². The molecule has 0 spiro atoms. The average Bonchev–Trinajstić information content (AvgIpc) is 2.31. The van der Waals surface area contributed by atoms with Crippen LogP contribution in [0.2, 0.25) is 0 Å². The van der Waals surface area contributed by atoms with Crippen molar-refractivity contribution in [1.82, 2.24) is 0 Å². The Labute approximate surface area is 107 Å². The third-order valence-electron chi connectivity index (χ3n) is 3.07. The minimum Gasteiger partial charge on any atom is -0.324 e. The first-order chi connectivity index (χ1) is 8.54. The second-order valence-corrected chi connectivity index (χ2v) is 4.86. The summed E-state index contributed by atoms with van der Waals surface area (Å²) in [6.45, 7) is 3.94. The van der Waals surface area contributed by atoms with E-state index in [2.05, 4.69) is 31.2 Å². The van der Waals surface area contributed by atoms with Crippen LogP contribution >= 0.6 is 0 Å². The van der Waals surface area contributed by atoms with Gasteiger partial charge in [0, 0.05) is 6.04 Å². The molecule has 2 aromatic rings. The first-order valence-electron chi connectivity index (χ1n) is 6.13. The molecule has 1 unspecified atom stereocenters. The molecule has 0 amide bonds. The fraction of sp³-hybridized carbons (Fsp3) is 0.250. The minimum atomic E-state index is -0.218. The highest BCUT2D eigenvalue weighted by molar-refractivity contribution is 5.29. The maximum atomic E-state index is 13.3. The molecule has 0 aliphatic heterocycles. The van der Waals surface area contributed by atoms with Gasteiger partial charge in [0.05, 0.1) is 0 Å². The lowest BCUT2D eigenvalue weighted by molar-refractivity contribution is 0.617. The van der Waals surface area contributed by atoms with E-state index < -0.39 is 0 Å². The van der Waals surface area contributed by atoms with Crippen molar-refractivity contribution in [2.24, 2.45) is 5.73 Å². The molecule has 0 fully saturated rings. The molecular formula is C16H18FN. The lowest BCUT2D eigenvalue weighted by Crippen LogP contribution is -2.13. The molecule has 0 saturated carbocycles. The number of nitrogens with two attached hydrogens (primary N) is 1. The van der Waals surface area contributed by atoms with Crippen LogP contribution in [-0.4, -0.2) is 0 Å². The quantitative estimate of drug-likeness (QED) is 0.874. The molecule has 2 heteroatoms. The van der Waals surface area contributed by atoms with Gasteiger partial charge in [-0.15, -0.1) is 0 Å². The summed E-state index contributed by atoms with van der Waals surface area (Å²) in [4.78, 5) is 0. The second kappa shape index (κ2) is 5.32. The highest BCUT2D eigenvalue weighted by atomic mass is 19.1. The van der Waals surface area contributed by atoms with Gasteiger partial charge in [0.2, 0.25) is 0 Å². The summed E-state index contributed by atoms with van der Waals surface area (Å²) < 4.78 is 13.3. The van der Waals surface area contributed by atoms with E-state index in [0.717, 1.165) is 17.5 Å². The Bertz CT molecular complexity index is 511. The third kappa shape index (κ3) is 3.17. The molecule has 1 atom stereocenters. The standard InChI is InChI=1S/C16H18FN/c1-11-3-5-13(6-4-11)9-16(18)14-7-12(2)8-15(17)10-14/h3-8,10,16H,9,18H2,1-2H3. The van der Waals surface area contributed by atoms with E-state index in [1.54, 1.807) is 0 Å². The van der Waals surface area contributed by atoms with Crippen LogP contribution in [0.15, 0.2) is 42.5 Å². The van der Waals surface area contributed by atoms with E-state index in [9.17, 15) is 4.39 Å². The van der Waals surface area contributed by atoms with E-state index >= 15 is 0 Å². The van der Waals surface area contributed by atoms with Gasteiger partial charge in [0.1, 0.15) is 5.82 Å². The van der Waals surface area contributed by atoms with Crippen LogP contribution in [0.3, 0.4) is 0 Å². The zero-order chi connectivity index (χ0) is 13.1. The van der Waals surface area contributed by atoms with E-state index in [1.807, 2.05) is 13.0 Å². The molecule has 0 aromatic heterocycles. The van der Waals surface area contributed by atoms with Gasteiger partial charge < -0.3 is 5.73 Å². The Morgan fingerprint density at radius 3 is 2.28 bits per heavy atom. The highest BCUT2D eigenvalue weighted by Gasteiger charge is 2.09. The molecule has 0 aliphatic carbocycles. The molecule has 0 radical (unpaired) electrons. The summed E-state index contributed by atoms with van der Waals surface area (Å²) in [7, 11) is 0. The van der Waals surface area contributed by atoms with Gasteiger partial charge in [-0.25, -0.2) is 4.39 Å². The fourth-order valence-corrected chi connectivity index (χ4v) is 2.07. The van der Waals surface area contributed by atoms with Crippen LogP contribution in [0.1, 0.15) is 28.3 Å². The Hall–Kier alpha value is -1.67. The van der Waals surface area contributed by atoms with Crippen LogP contribution in [-0.2, 0) is 6.42 Å². The molecule has 0 aliphatic rings. The fourth-order valence-electron chi connectivity index (χ4n) is 2.07. The third-order valence-corrected chi connectivity index (χ3v) is 3.07. The van der Waals surface area contributed by atoms with Crippen molar-refractivity contribution < 1.29 is 4.39 Å². The number of hydrogen-bond donors (Lipinski definition) is 1. The number of hydrogen-bond acceptors (Lipinski definition) is 1. The summed E-state index contributed by atoms with van der Waals surface area (Å²) in [5.41, 5.74) is 10.3. The largest absolute Gasteiger partial charge is 0.324 e. The van der Waals surface area contributed by atoms with Crippen LogP contribution in [0.4, 0.5) is 4.39 Å². The molecule has 94 valence electrons. The molecule has 2 aromatic carbocycles. The summed E-state index contributed by atoms with van der Waals surface area (Å²) in [5, 5.41) is 0. The van der Waals surface area contributed by atoms with Gasteiger partial charge in [0.25, 0.3) is 0 Å². The van der Waals surface area contributed by atoms with E-state index in [0.29, 0.717) is 0 Å². The normalized spacial score (nSPS) is 12.4. The van der Waals surface area contributed by atoms with Crippen LogP contribution in [0.25, 0.3) is 0 Å². The van der Waals surface area contributed by atoms with Crippen LogP contribution in [0.5, 0.6) is 0 Å². The van der Waals surface area contributed by atoms with Gasteiger partial charge in [0.15, 0.2) is 0 Å². The smallest absolute Gasteiger partial charge is 0.123 e. The molecular weight excluding hydrogens is 225 g/mol. The Morgan fingerprint density at radius 2 is 1.67 bits per heavy atom. The number of halogens is 1. The maximum absolute atomic E-state index is 13.3. The molecule has 2 N–H and O–H groups in total. The molecule has 1 nitrogen and oxygen atoms in total. The first kappa shape index (κ1) is 12.8. The van der Waals surface area contributed by atoms with E-state index in [4.69, 9.17) is 5.73 Å². The second-order valence-electron chi connectivity index (χ2n) is 4.86. The zero-order valence-electron chi connectivity index (χ0n) is 10.8. The number of benzene rings is 2. The van der Waals surface area contributed by atoms with Crippen molar-refractivity contribution in [3.63, 3.8) is 0 Å². The molecule has 0 bridgehead atoms. The van der Waals surface area contributed by atoms with Gasteiger partial charge in [-0.05, 0) is 49.1 Å². The summed E-state index contributed by atoms with van der Waals surface area (Å²) in [5.74, 6) is -0.218. The van der Waals surface area contributed by atoms with Crippen molar-refractivity contribution in [3.8, 4) is 0 Å². The minimum absolute atomic E-state index is 0.165. The van der Waals surface area contributed by atoms with E-state index in [-0.39, 0.29) is 11.9 Å². The number of aryl methyl sites for hydroxylation is 2. The molecule has 2 rings (SSSR count). The monoisotopic (exact) mass is 243 g/mol. The average molecular weight is 243 g/mol. The Balaban J connectivity index is 2.16. The first-order valence-corrected chi connectivity index (χ1v) is 6.13. The number of rotatable bonds is 3. The Morgan fingerprint density at radius 1 is 1.00 bits per heavy atom. The van der Waals surface area contributed by atoms with E-state index in [1.165, 1.54) is 23.3 Å². The van der Waals surface area contributed by atoms with Crippen LogP contribution in [0, 0.1) is 19.7 Å². The predicted molar refractivity (Wildman–Crippen MR) is 72.9 cm³/mol. The summed E-state index contributed by atoms with van der Waals surface area (Å²) in [6.07, 6.45) is 0.725. The zero-order valence-corrected chi connectivity index (χ0v) is 10.8. The molecule has 0 heterocycles. The molecule has 0 saturated heterocycles. The van der Waals surface area contributed by atoms with Crippen molar-refractivity contribution >= 4 is 0 Å². The van der Waals surface area contributed by atoms with Crippen molar-refractivity contribution in [1.29, 1.82) is 0 Å². The van der Waals surface area contributed by atoms with Crippen molar-refractivity contribution in [2.75, 3.05) is 0 Å². The lowest BCUT2D eigenvalue weighted by Gasteiger charge is -2.13. The molecule has 18 heavy (non-hydrogen) atoms. The summed E-state index contributed by atoms with van der Waals surface area (Å²) >= 11 is 0. The highest BCUT2D eigenvalue weighted by Crippen LogP contribution is 2.19. The Kier molecular flexibility index (Phi) is 3.78.